The lowest BCUT2D eigenvalue weighted by Gasteiger charge is -2.36. The highest BCUT2D eigenvalue weighted by Gasteiger charge is 2.42. The van der Waals surface area contributed by atoms with E-state index in [-0.39, 0.29) is 17.4 Å². The largest absolute Gasteiger partial charge is 0.480 e. The molecule has 2 unspecified atom stereocenters. The average Bonchev–Trinajstić information content (AvgIpc) is 2.70. The summed E-state index contributed by atoms with van der Waals surface area (Å²) in [7, 11) is 0. The van der Waals surface area contributed by atoms with Crippen molar-refractivity contribution in [3.8, 4) is 0 Å². The van der Waals surface area contributed by atoms with Gasteiger partial charge in [0.05, 0.1) is 5.37 Å². The third-order valence-electron chi connectivity index (χ3n) is 3.66. The summed E-state index contributed by atoms with van der Waals surface area (Å²) in [5.74, 6) is 0.249. The summed E-state index contributed by atoms with van der Waals surface area (Å²) in [6.07, 6.45) is 2.78. The Morgan fingerprint density at radius 3 is 2.61 bits per heavy atom. The predicted octanol–water partition coefficient (Wildman–Crippen LogP) is 1.73. The molecule has 2 atom stereocenters. The molecular weight excluding hydrogens is 252 g/mol. The fourth-order valence-electron chi connectivity index (χ4n) is 2.61. The number of carbonyl (C=O) groups excluding carboxylic acids is 1. The van der Waals surface area contributed by atoms with E-state index in [0.717, 1.165) is 19.3 Å². The molecule has 1 heterocycles. The number of nitrogens with one attached hydrogen (secondary N) is 1. The first kappa shape index (κ1) is 13.5. The fourth-order valence-corrected chi connectivity index (χ4v) is 3.96. The van der Waals surface area contributed by atoms with Crippen LogP contribution >= 0.6 is 11.8 Å². The summed E-state index contributed by atoms with van der Waals surface area (Å²) in [6, 6.07) is -0.668. The molecular formula is C12H20N2O3S. The van der Waals surface area contributed by atoms with E-state index in [2.05, 4.69) is 12.2 Å². The van der Waals surface area contributed by atoms with Crippen LogP contribution in [0.5, 0.6) is 0 Å². The van der Waals surface area contributed by atoms with E-state index in [1.807, 2.05) is 6.92 Å². The summed E-state index contributed by atoms with van der Waals surface area (Å²) in [5, 5.41) is 12.1. The maximum atomic E-state index is 12.2. The van der Waals surface area contributed by atoms with Crippen molar-refractivity contribution in [1.29, 1.82) is 0 Å². The summed E-state index contributed by atoms with van der Waals surface area (Å²) in [4.78, 5) is 24.9. The van der Waals surface area contributed by atoms with Crippen molar-refractivity contribution in [2.75, 3.05) is 5.75 Å². The standard InChI is InChI=1S/C12H20N2O3S/c1-3-10-14(9(6-18-10)11(15)16)12(17)13-8-4-7(2)5-8/h7-10H,3-6H2,1-2H3,(H,13,17)(H,15,16). The first-order valence-corrected chi connectivity index (χ1v) is 7.51. The Morgan fingerprint density at radius 1 is 1.44 bits per heavy atom. The zero-order chi connectivity index (χ0) is 13.3. The van der Waals surface area contributed by atoms with Crippen LogP contribution in [0.2, 0.25) is 0 Å². The Kier molecular flexibility index (Phi) is 4.04. The minimum atomic E-state index is -0.907. The number of amides is 2. The molecule has 18 heavy (non-hydrogen) atoms. The van der Waals surface area contributed by atoms with Crippen molar-refractivity contribution in [3.05, 3.63) is 0 Å². The lowest BCUT2D eigenvalue weighted by atomic mass is 9.82. The molecule has 5 nitrogen and oxygen atoms in total. The molecule has 1 aliphatic heterocycles. The van der Waals surface area contributed by atoms with Gasteiger partial charge in [0.2, 0.25) is 0 Å². The number of carbonyl (C=O) groups is 2. The van der Waals surface area contributed by atoms with Crippen molar-refractivity contribution in [2.45, 2.75) is 50.6 Å². The fraction of sp³-hybridized carbons (Fsp3) is 0.833. The molecule has 2 aliphatic rings. The SMILES string of the molecule is CCC1SCC(C(=O)O)N1C(=O)NC1CC(C)C1. The molecule has 2 amide bonds. The summed E-state index contributed by atoms with van der Waals surface area (Å²) < 4.78 is 0. The molecule has 2 N–H and O–H groups in total. The molecule has 1 aliphatic carbocycles. The van der Waals surface area contributed by atoms with Crippen LogP contribution in [-0.2, 0) is 4.79 Å². The maximum absolute atomic E-state index is 12.2. The third kappa shape index (κ3) is 2.58. The summed E-state index contributed by atoms with van der Waals surface area (Å²) >= 11 is 1.55. The number of thioether (sulfide) groups is 1. The Balaban J connectivity index is 1.98. The molecule has 6 heteroatoms. The molecule has 2 rings (SSSR count). The number of rotatable bonds is 3. The Morgan fingerprint density at radius 2 is 2.11 bits per heavy atom. The van der Waals surface area contributed by atoms with E-state index in [0.29, 0.717) is 11.7 Å². The van der Waals surface area contributed by atoms with Crippen LogP contribution in [0.15, 0.2) is 0 Å². The van der Waals surface area contributed by atoms with Gasteiger partial charge < -0.3 is 10.4 Å². The van der Waals surface area contributed by atoms with Crippen molar-refractivity contribution in [2.24, 2.45) is 5.92 Å². The maximum Gasteiger partial charge on any atom is 0.327 e. The van der Waals surface area contributed by atoms with Crippen LogP contribution in [0, 0.1) is 5.92 Å². The normalized spacial score (nSPS) is 35.1. The second-order valence-corrected chi connectivity index (χ2v) is 6.39. The van der Waals surface area contributed by atoms with Gasteiger partial charge in [-0.25, -0.2) is 9.59 Å². The van der Waals surface area contributed by atoms with Crippen LogP contribution in [0.1, 0.15) is 33.1 Å². The highest BCUT2D eigenvalue weighted by atomic mass is 32.2. The topological polar surface area (TPSA) is 69.6 Å². The molecule has 0 aromatic carbocycles. The second-order valence-electron chi connectivity index (χ2n) is 5.18. The van der Waals surface area contributed by atoms with Gasteiger partial charge in [0.1, 0.15) is 6.04 Å². The van der Waals surface area contributed by atoms with Gasteiger partial charge in [0, 0.05) is 11.8 Å². The van der Waals surface area contributed by atoms with Gasteiger partial charge in [0.15, 0.2) is 0 Å². The van der Waals surface area contributed by atoms with Crippen LogP contribution in [0.4, 0.5) is 4.79 Å². The first-order valence-electron chi connectivity index (χ1n) is 6.46. The Bertz CT molecular complexity index is 344. The number of hydrogen-bond donors (Lipinski definition) is 2. The lowest BCUT2D eigenvalue weighted by Crippen LogP contribution is -2.54. The summed E-state index contributed by atoms with van der Waals surface area (Å²) in [6.45, 7) is 4.14. The number of urea groups is 1. The molecule has 0 spiro atoms. The average molecular weight is 272 g/mol. The van der Waals surface area contributed by atoms with E-state index >= 15 is 0 Å². The first-order chi connectivity index (χ1) is 8.52. The Hall–Kier alpha value is -0.910. The molecule has 0 bridgehead atoms. The van der Waals surface area contributed by atoms with Gasteiger partial charge in [-0.1, -0.05) is 13.8 Å². The van der Waals surface area contributed by atoms with Gasteiger partial charge in [-0.2, -0.15) is 0 Å². The van der Waals surface area contributed by atoms with Crippen LogP contribution in [-0.4, -0.2) is 45.2 Å². The second kappa shape index (κ2) is 5.38. The van der Waals surface area contributed by atoms with Gasteiger partial charge in [-0.3, -0.25) is 4.90 Å². The van der Waals surface area contributed by atoms with Crippen molar-refractivity contribution < 1.29 is 14.7 Å². The molecule has 0 aromatic heterocycles. The van der Waals surface area contributed by atoms with Crippen LogP contribution < -0.4 is 5.32 Å². The highest BCUT2D eigenvalue weighted by Crippen LogP contribution is 2.32. The Labute approximate surface area is 111 Å². The van der Waals surface area contributed by atoms with E-state index in [1.54, 1.807) is 11.8 Å². The number of carboxylic acids is 1. The van der Waals surface area contributed by atoms with E-state index in [1.165, 1.54) is 4.90 Å². The third-order valence-corrected chi connectivity index (χ3v) is 5.12. The minimum Gasteiger partial charge on any atom is -0.480 e. The quantitative estimate of drug-likeness (QED) is 0.821. The molecule has 0 radical (unpaired) electrons. The van der Waals surface area contributed by atoms with Crippen molar-refractivity contribution in [3.63, 3.8) is 0 Å². The number of nitrogens with zero attached hydrogens (tertiary/aromatic N) is 1. The monoisotopic (exact) mass is 272 g/mol. The molecule has 2 fully saturated rings. The van der Waals surface area contributed by atoms with E-state index in [9.17, 15) is 9.59 Å². The van der Waals surface area contributed by atoms with E-state index < -0.39 is 12.0 Å². The zero-order valence-electron chi connectivity index (χ0n) is 10.8. The van der Waals surface area contributed by atoms with Gasteiger partial charge in [-0.15, -0.1) is 11.8 Å². The smallest absolute Gasteiger partial charge is 0.327 e. The molecule has 102 valence electrons. The van der Waals surface area contributed by atoms with Gasteiger partial charge in [-0.05, 0) is 25.2 Å². The highest BCUT2D eigenvalue weighted by molar-refractivity contribution is 8.00. The van der Waals surface area contributed by atoms with Gasteiger partial charge >= 0.3 is 12.0 Å². The van der Waals surface area contributed by atoms with Crippen molar-refractivity contribution in [1.82, 2.24) is 10.2 Å². The van der Waals surface area contributed by atoms with Crippen molar-refractivity contribution >= 4 is 23.8 Å². The zero-order valence-corrected chi connectivity index (χ0v) is 11.6. The van der Waals surface area contributed by atoms with Gasteiger partial charge in [0.25, 0.3) is 0 Å². The van der Waals surface area contributed by atoms with Crippen LogP contribution in [0.3, 0.4) is 0 Å². The summed E-state index contributed by atoms with van der Waals surface area (Å²) in [5.41, 5.74) is 0. The number of hydrogen-bond acceptors (Lipinski definition) is 3. The van der Waals surface area contributed by atoms with E-state index in [4.69, 9.17) is 5.11 Å². The van der Waals surface area contributed by atoms with Crippen LogP contribution in [0.25, 0.3) is 0 Å². The molecule has 1 saturated carbocycles. The number of aliphatic carboxylic acids is 1. The molecule has 1 saturated heterocycles. The molecule has 0 aromatic rings. The minimum absolute atomic E-state index is 0.0106. The lowest BCUT2D eigenvalue weighted by molar-refractivity contribution is -0.141. The predicted molar refractivity (Wildman–Crippen MR) is 70.5 cm³/mol. The number of carboxylic acid groups (broad SMARTS) is 1.